The van der Waals surface area contributed by atoms with Crippen LogP contribution in [0.5, 0.6) is 0 Å². The van der Waals surface area contributed by atoms with Crippen molar-refractivity contribution in [3.8, 4) is 73.2 Å². The molecule has 0 spiro atoms. The van der Waals surface area contributed by atoms with Gasteiger partial charge in [0.25, 0.3) is 0 Å². The third-order valence-corrected chi connectivity index (χ3v) is 13.1. The molecule has 0 unspecified atom stereocenters. The van der Waals surface area contributed by atoms with Crippen LogP contribution in [0.1, 0.15) is 31.8 Å². The molecule has 306 valence electrons. The Morgan fingerprint density at radius 1 is 0.446 bits per heavy atom. The van der Waals surface area contributed by atoms with Gasteiger partial charge in [-0.1, -0.05) is 178 Å². The largest absolute Gasteiger partial charge is 0.455 e. The zero-order valence-electron chi connectivity index (χ0n) is 40.4. The summed E-state index contributed by atoms with van der Waals surface area (Å²) in [5, 5.41) is 3.93. The molecule has 12 aromatic rings. The van der Waals surface area contributed by atoms with Crippen molar-refractivity contribution in [2.75, 3.05) is 0 Å². The number of hydrogen-bond acceptors (Lipinski definition) is 4. The predicted octanol–water partition coefficient (Wildman–Crippen LogP) is 15.5. The molecule has 13 rings (SSSR count). The van der Waals surface area contributed by atoms with Crippen LogP contribution in [0.3, 0.4) is 0 Å². The Bertz CT molecular complexity index is 4090. The first-order chi connectivity index (χ1) is 34.0. The van der Waals surface area contributed by atoms with Crippen LogP contribution in [0.15, 0.2) is 211 Å². The topological polar surface area (TPSA) is 56.7 Å². The van der Waals surface area contributed by atoms with E-state index in [0.717, 1.165) is 82.8 Å². The number of nitrogens with zero attached hydrogens (tertiary/aromatic N) is 4. The highest BCUT2D eigenvalue weighted by molar-refractivity contribution is 6.13. The normalized spacial score (nSPS) is 14.0. The molecule has 3 heterocycles. The number of para-hydroxylation sites is 2. The van der Waals surface area contributed by atoms with E-state index in [1.807, 2.05) is 54.6 Å². The first-order valence-electron chi connectivity index (χ1n) is 24.3. The van der Waals surface area contributed by atoms with Gasteiger partial charge in [-0.15, -0.1) is 0 Å². The fourth-order valence-electron chi connectivity index (χ4n) is 10.1. The van der Waals surface area contributed by atoms with Gasteiger partial charge in [0.05, 0.1) is 23.5 Å². The summed E-state index contributed by atoms with van der Waals surface area (Å²) in [6.45, 7) is 4.42. The van der Waals surface area contributed by atoms with Crippen molar-refractivity contribution in [1.29, 1.82) is 0 Å². The highest BCUT2D eigenvalue weighted by Gasteiger charge is 2.37. The molecule has 1 aliphatic carbocycles. The molecule has 0 saturated carbocycles. The molecule has 5 heteroatoms. The van der Waals surface area contributed by atoms with Gasteiger partial charge >= 0.3 is 0 Å². The first kappa shape index (κ1) is 32.3. The van der Waals surface area contributed by atoms with Gasteiger partial charge in [0, 0.05) is 43.8 Å². The molecule has 5 nitrogen and oxygen atoms in total. The SMILES string of the molecule is [2H]c1c([2H])c([2H])c(-c2nc(-c3cccc4c3-c3ccccc3C4(C)C)nc(-c3cc(-n4c5ccccc5c5ccccc54)cc4c3oc3cc(-c5cccc(-c6ccccc6)c5)ccc34)n2)c([2H])c1[2H]. The Labute approximate surface area is 383 Å². The van der Waals surface area contributed by atoms with E-state index in [4.69, 9.17) is 26.2 Å². The number of aromatic nitrogens is 4. The number of furan rings is 1. The van der Waals surface area contributed by atoms with Gasteiger partial charge in [-0.3, -0.25) is 0 Å². The average Bonchev–Trinajstić information content (AvgIpc) is 4.02. The fraction of sp³-hybridized carbons (Fsp3) is 0.0500. The highest BCUT2D eigenvalue weighted by Crippen LogP contribution is 2.52. The maximum atomic E-state index is 9.14. The molecule has 0 N–H and O–H groups in total. The van der Waals surface area contributed by atoms with Crippen LogP contribution in [0.2, 0.25) is 0 Å². The lowest BCUT2D eigenvalue weighted by Gasteiger charge is -2.21. The van der Waals surface area contributed by atoms with E-state index in [-0.39, 0.29) is 22.6 Å². The summed E-state index contributed by atoms with van der Waals surface area (Å²) in [6.07, 6.45) is 0. The van der Waals surface area contributed by atoms with Crippen LogP contribution < -0.4 is 0 Å². The van der Waals surface area contributed by atoms with Gasteiger partial charge in [0.15, 0.2) is 17.5 Å². The zero-order valence-corrected chi connectivity index (χ0v) is 35.4. The van der Waals surface area contributed by atoms with Crippen molar-refractivity contribution >= 4 is 43.7 Å². The van der Waals surface area contributed by atoms with Crippen molar-refractivity contribution < 1.29 is 11.3 Å². The molecule has 1 aliphatic rings. The molecule has 65 heavy (non-hydrogen) atoms. The van der Waals surface area contributed by atoms with Crippen molar-refractivity contribution in [1.82, 2.24) is 19.5 Å². The molecular weight excluding hydrogens is 793 g/mol. The van der Waals surface area contributed by atoms with Crippen LogP contribution in [0, 0.1) is 0 Å². The molecular formula is C60H40N4O. The Morgan fingerprint density at radius 3 is 1.83 bits per heavy atom. The summed E-state index contributed by atoms with van der Waals surface area (Å²) in [5.41, 5.74) is 13.5. The quantitative estimate of drug-likeness (QED) is 0.167. The van der Waals surface area contributed by atoms with Crippen molar-refractivity contribution in [3.63, 3.8) is 0 Å². The van der Waals surface area contributed by atoms with E-state index in [1.54, 1.807) is 0 Å². The first-order valence-corrected chi connectivity index (χ1v) is 21.8. The molecule has 0 atom stereocenters. The van der Waals surface area contributed by atoms with Crippen molar-refractivity contribution in [3.05, 3.63) is 217 Å². The Morgan fingerprint density at radius 2 is 1.05 bits per heavy atom. The van der Waals surface area contributed by atoms with E-state index >= 15 is 0 Å². The van der Waals surface area contributed by atoms with Gasteiger partial charge in [-0.25, -0.2) is 15.0 Å². The monoisotopic (exact) mass is 837 g/mol. The molecule has 0 amide bonds. The van der Waals surface area contributed by atoms with Gasteiger partial charge in [0.1, 0.15) is 11.2 Å². The summed E-state index contributed by atoms with van der Waals surface area (Å²) >= 11 is 0. The predicted molar refractivity (Wildman–Crippen MR) is 266 cm³/mol. The lowest BCUT2D eigenvalue weighted by atomic mass is 9.82. The van der Waals surface area contributed by atoms with E-state index in [0.29, 0.717) is 22.6 Å². The van der Waals surface area contributed by atoms with Gasteiger partial charge < -0.3 is 8.98 Å². The number of benzene rings is 9. The minimum Gasteiger partial charge on any atom is -0.455 e. The Hall–Kier alpha value is -8.41. The molecule has 0 radical (unpaired) electrons. The zero-order chi connectivity index (χ0) is 47.6. The highest BCUT2D eigenvalue weighted by atomic mass is 16.3. The van der Waals surface area contributed by atoms with E-state index < -0.39 is 30.2 Å². The van der Waals surface area contributed by atoms with Crippen LogP contribution >= 0.6 is 0 Å². The molecule has 9 aromatic carbocycles. The van der Waals surface area contributed by atoms with Crippen LogP contribution in [0.4, 0.5) is 0 Å². The summed E-state index contributed by atoms with van der Waals surface area (Å²) in [5.74, 6) is 0.466. The summed E-state index contributed by atoms with van der Waals surface area (Å²) < 4.78 is 53.4. The Kier molecular flexibility index (Phi) is 7.11. The van der Waals surface area contributed by atoms with Crippen molar-refractivity contribution in [2.24, 2.45) is 0 Å². The fourth-order valence-corrected chi connectivity index (χ4v) is 10.1. The second kappa shape index (κ2) is 14.3. The summed E-state index contributed by atoms with van der Waals surface area (Å²) in [4.78, 5) is 15.5. The number of hydrogen-bond donors (Lipinski definition) is 0. The second-order valence-electron chi connectivity index (χ2n) is 17.2. The third-order valence-electron chi connectivity index (χ3n) is 13.1. The molecule has 3 aromatic heterocycles. The third kappa shape index (κ3) is 5.82. The maximum Gasteiger partial charge on any atom is 0.167 e. The van der Waals surface area contributed by atoms with Gasteiger partial charge in [-0.05, 0) is 87.0 Å². The minimum absolute atomic E-state index is 0.0488. The molecule has 0 bridgehead atoms. The van der Waals surface area contributed by atoms with Crippen LogP contribution in [0.25, 0.3) is 117 Å². The number of rotatable bonds is 6. The van der Waals surface area contributed by atoms with Gasteiger partial charge in [0.2, 0.25) is 0 Å². The van der Waals surface area contributed by atoms with E-state index in [1.165, 1.54) is 5.56 Å². The summed E-state index contributed by atoms with van der Waals surface area (Å²) in [7, 11) is 0. The van der Waals surface area contributed by atoms with Crippen LogP contribution in [-0.2, 0) is 5.41 Å². The molecule has 0 aliphatic heterocycles. The van der Waals surface area contributed by atoms with Gasteiger partial charge in [-0.2, -0.15) is 0 Å². The molecule has 0 fully saturated rings. The molecule has 0 saturated heterocycles. The maximum absolute atomic E-state index is 9.14. The summed E-state index contributed by atoms with van der Waals surface area (Å²) in [6, 6.07) is 58.2. The van der Waals surface area contributed by atoms with E-state index in [9.17, 15) is 0 Å². The Balaban J connectivity index is 1.12. The van der Waals surface area contributed by atoms with E-state index in [2.05, 4.69) is 140 Å². The second-order valence-corrected chi connectivity index (χ2v) is 17.2. The average molecular weight is 838 g/mol. The van der Waals surface area contributed by atoms with Crippen molar-refractivity contribution in [2.45, 2.75) is 19.3 Å². The smallest absolute Gasteiger partial charge is 0.167 e. The lowest BCUT2D eigenvalue weighted by molar-refractivity contribution is 0.660. The standard InChI is InChI=1S/C60H40N4O/c1-60(2)50-27-12-9-25-46(50)55-47(26-16-28-51(55)60)58-61-57(38-19-7-4-8-20-38)62-59(63-58)49-36-42(64-52-29-13-10-23-43(52)44-24-11-14-30-53(44)64)35-48-45-32-31-41(34-54(45)65-56(48)49)40-22-15-21-39(33-40)37-17-5-3-6-18-37/h3-36H,1-2H3/i4D,7D,8D,19D,20D. The number of fused-ring (bicyclic) bond motifs is 9. The van der Waals surface area contributed by atoms with Crippen LogP contribution in [-0.4, -0.2) is 19.5 Å². The lowest BCUT2D eigenvalue weighted by Crippen LogP contribution is -2.14. The minimum atomic E-state index is -0.498.